The van der Waals surface area contributed by atoms with Gasteiger partial charge in [-0.3, -0.25) is 0 Å². The molecule has 0 saturated heterocycles. The Morgan fingerprint density at radius 3 is 2.52 bits per heavy atom. The third-order valence-corrected chi connectivity index (χ3v) is 5.82. The number of halogens is 3. The van der Waals surface area contributed by atoms with Gasteiger partial charge in [0.05, 0.1) is 5.56 Å². The van der Waals surface area contributed by atoms with Gasteiger partial charge in [-0.1, -0.05) is 31.2 Å². The van der Waals surface area contributed by atoms with Crippen molar-refractivity contribution in [3.05, 3.63) is 81.9 Å². The highest BCUT2D eigenvalue weighted by Gasteiger charge is 2.35. The predicted octanol–water partition coefficient (Wildman–Crippen LogP) is 7.22. The molecule has 0 aliphatic heterocycles. The van der Waals surface area contributed by atoms with Crippen molar-refractivity contribution in [1.29, 1.82) is 0 Å². The van der Waals surface area contributed by atoms with Crippen molar-refractivity contribution >= 4 is 33.2 Å². The molecule has 33 heavy (non-hydrogen) atoms. The van der Waals surface area contributed by atoms with Crippen molar-refractivity contribution in [2.75, 3.05) is 19.0 Å². The molecule has 1 atom stereocenters. The molecule has 4 rings (SSSR count). The molecule has 2 heterocycles. The van der Waals surface area contributed by atoms with Crippen LogP contribution in [0.3, 0.4) is 0 Å². The van der Waals surface area contributed by atoms with Crippen molar-refractivity contribution in [2.24, 2.45) is 0 Å². The van der Waals surface area contributed by atoms with Crippen molar-refractivity contribution < 1.29 is 22.0 Å². The third kappa shape index (κ3) is 4.53. The zero-order valence-electron chi connectivity index (χ0n) is 18.8. The number of hydrogen-bond donors (Lipinski definition) is 0. The van der Waals surface area contributed by atoms with Gasteiger partial charge in [-0.15, -0.1) is 0 Å². The number of benzene rings is 2. The van der Waals surface area contributed by atoms with E-state index in [-0.39, 0.29) is 11.5 Å². The summed E-state index contributed by atoms with van der Waals surface area (Å²) in [4.78, 5) is 14.5. The van der Waals surface area contributed by atoms with Gasteiger partial charge in [0.2, 0.25) is 5.76 Å². The maximum absolute atomic E-state index is 13.1. The minimum absolute atomic E-state index is 0.119. The van der Waals surface area contributed by atoms with Crippen LogP contribution in [0.25, 0.3) is 27.5 Å². The molecular weight excluding hydrogens is 431 g/mol. The van der Waals surface area contributed by atoms with Crippen LogP contribution < -0.4 is 10.5 Å². The van der Waals surface area contributed by atoms with Crippen molar-refractivity contribution in [3.63, 3.8) is 0 Å². The summed E-state index contributed by atoms with van der Waals surface area (Å²) in [5.74, 6) is -1.12. The minimum Gasteiger partial charge on any atom is -0.451 e. The van der Waals surface area contributed by atoms with E-state index in [0.717, 1.165) is 22.7 Å². The fourth-order valence-electron chi connectivity index (χ4n) is 3.86. The van der Waals surface area contributed by atoms with Crippen LogP contribution in [0.2, 0.25) is 0 Å². The van der Waals surface area contributed by atoms with Crippen molar-refractivity contribution in [1.82, 2.24) is 0 Å². The number of allylic oxidation sites excluding steroid dienone is 2. The summed E-state index contributed by atoms with van der Waals surface area (Å²) < 4.78 is 49.9. The van der Waals surface area contributed by atoms with Crippen LogP contribution in [0.5, 0.6) is 0 Å². The first-order valence-corrected chi connectivity index (χ1v) is 10.6. The molecule has 0 saturated carbocycles. The van der Waals surface area contributed by atoms with Gasteiger partial charge < -0.3 is 13.7 Å². The molecule has 0 spiro atoms. The van der Waals surface area contributed by atoms with E-state index < -0.39 is 17.6 Å². The van der Waals surface area contributed by atoms with Gasteiger partial charge >= 0.3 is 11.8 Å². The highest BCUT2D eigenvalue weighted by Crippen LogP contribution is 2.37. The lowest BCUT2D eigenvalue weighted by atomic mass is 9.94. The lowest BCUT2D eigenvalue weighted by Gasteiger charge is -2.13. The third-order valence-electron chi connectivity index (χ3n) is 5.82. The van der Waals surface area contributed by atoms with Crippen molar-refractivity contribution in [2.45, 2.75) is 32.4 Å². The van der Waals surface area contributed by atoms with E-state index >= 15 is 0 Å². The Kier molecular flexibility index (Phi) is 5.82. The quantitative estimate of drug-likeness (QED) is 0.298. The smallest absolute Gasteiger partial charge is 0.449 e. The van der Waals surface area contributed by atoms with Crippen LogP contribution in [0, 0.1) is 0 Å². The van der Waals surface area contributed by atoms with Crippen LogP contribution in [-0.4, -0.2) is 14.1 Å². The highest BCUT2D eigenvalue weighted by atomic mass is 19.4. The molecule has 0 bridgehead atoms. The van der Waals surface area contributed by atoms with Crippen LogP contribution in [0.4, 0.5) is 18.9 Å². The molecule has 0 aliphatic rings. The number of rotatable bonds is 5. The molecule has 0 amide bonds. The van der Waals surface area contributed by atoms with Crippen LogP contribution in [-0.2, 0) is 6.18 Å². The second-order valence-electron chi connectivity index (χ2n) is 8.46. The number of nitrogens with zero attached hydrogens (tertiary/aromatic N) is 1. The van der Waals surface area contributed by atoms with Gasteiger partial charge in [-0.05, 0) is 54.7 Å². The van der Waals surface area contributed by atoms with Crippen LogP contribution in [0.1, 0.15) is 43.1 Å². The summed E-state index contributed by atoms with van der Waals surface area (Å²) in [7, 11) is 3.82. The second-order valence-corrected chi connectivity index (χ2v) is 8.46. The van der Waals surface area contributed by atoms with E-state index in [9.17, 15) is 18.0 Å². The summed E-state index contributed by atoms with van der Waals surface area (Å²) in [5.41, 5.74) is 3.16. The van der Waals surface area contributed by atoms with E-state index in [0.29, 0.717) is 28.5 Å². The standard InChI is InChI=1S/C26H24F3NO3/c1-15(20-7-5-6-18-13-23(26(27,28)29)33-24(18)20)8-9-16(2)21-12-17-10-11-19(30(3)4)14-22(17)32-25(21)31/h5-7,9-15H,8H2,1-4H3/b16-9+. The SMILES string of the molecule is C/C(=C\CC(C)c1cccc2cc(C(F)(F)F)oc12)c1cc2ccc(N(C)C)cc2oc1=O. The van der Waals surface area contributed by atoms with Gasteiger partial charge in [0.25, 0.3) is 0 Å². The van der Waals surface area contributed by atoms with Gasteiger partial charge in [0, 0.05) is 36.6 Å². The molecular formula is C26H24F3NO3. The molecule has 172 valence electrons. The molecule has 1 unspecified atom stereocenters. The number of alkyl halides is 3. The topological polar surface area (TPSA) is 46.6 Å². The molecule has 0 N–H and O–H groups in total. The number of anilines is 1. The van der Waals surface area contributed by atoms with E-state index in [1.165, 1.54) is 0 Å². The van der Waals surface area contributed by atoms with E-state index in [2.05, 4.69) is 0 Å². The fraction of sp³-hybridized carbons (Fsp3) is 0.269. The lowest BCUT2D eigenvalue weighted by Crippen LogP contribution is -2.09. The number of para-hydroxylation sites is 1. The molecule has 2 aromatic carbocycles. The van der Waals surface area contributed by atoms with Crippen molar-refractivity contribution in [3.8, 4) is 0 Å². The summed E-state index contributed by atoms with van der Waals surface area (Å²) in [5, 5.41) is 1.23. The Morgan fingerprint density at radius 2 is 1.82 bits per heavy atom. The zero-order chi connectivity index (χ0) is 23.9. The molecule has 4 nitrogen and oxygen atoms in total. The van der Waals surface area contributed by atoms with E-state index in [4.69, 9.17) is 8.83 Å². The normalized spacial score (nSPS) is 13.6. The molecule has 4 aromatic rings. The Bertz CT molecular complexity index is 1410. The first-order valence-electron chi connectivity index (χ1n) is 10.6. The lowest BCUT2D eigenvalue weighted by molar-refractivity contribution is -0.152. The summed E-state index contributed by atoms with van der Waals surface area (Å²) in [6, 6.07) is 13.6. The minimum atomic E-state index is -4.53. The van der Waals surface area contributed by atoms with Crippen LogP contribution in [0.15, 0.2) is 68.2 Å². The highest BCUT2D eigenvalue weighted by molar-refractivity contribution is 5.84. The Hall–Kier alpha value is -3.48. The average molecular weight is 455 g/mol. The molecule has 0 aliphatic carbocycles. The maximum atomic E-state index is 13.1. The number of fused-ring (bicyclic) bond motifs is 2. The largest absolute Gasteiger partial charge is 0.451 e. The molecule has 7 heteroatoms. The fourth-order valence-corrected chi connectivity index (χ4v) is 3.86. The summed E-state index contributed by atoms with van der Waals surface area (Å²) in [6.07, 6.45) is -2.11. The first-order chi connectivity index (χ1) is 15.5. The summed E-state index contributed by atoms with van der Waals surface area (Å²) in [6.45, 7) is 3.74. The van der Waals surface area contributed by atoms with Crippen LogP contribution >= 0.6 is 0 Å². The van der Waals surface area contributed by atoms with E-state index in [1.54, 1.807) is 24.3 Å². The molecule has 0 fully saturated rings. The van der Waals surface area contributed by atoms with Gasteiger partial charge in [0.1, 0.15) is 11.2 Å². The number of furan rings is 1. The molecule has 2 aromatic heterocycles. The second kappa shape index (κ2) is 8.46. The van der Waals surface area contributed by atoms with Gasteiger partial charge in [-0.2, -0.15) is 13.2 Å². The van der Waals surface area contributed by atoms with Gasteiger partial charge in [0.15, 0.2) is 0 Å². The maximum Gasteiger partial charge on any atom is 0.449 e. The summed E-state index contributed by atoms with van der Waals surface area (Å²) >= 11 is 0. The zero-order valence-corrected chi connectivity index (χ0v) is 18.8. The average Bonchev–Trinajstić information content (AvgIpc) is 3.21. The molecule has 0 radical (unpaired) electrons. The Morgan fingerprint density at radius 1 is 1.06 bits per heavy atom. The van der Waals surface area contributed by atoms with E-state index in [1.807, 2.05) is 57.1 Å². The van der Waals surface area contributed by atoms with Gasteiger partial charge in [-0.25, -0.2) is 4.79 Å². The monoisotopic (exact) mass is 455 g/mol. The Balaban J connectivity index is 1.62. The Labute approximate surface area is 188 Å². The first kappa shape index (κ1) is 22.7. The predicted molar refractivity (Wildman–Crippen MR) is 125 cm³/mol. The number of hydrogen-bond acceptors (Lipinski definition) is 4.